The zero-order valence-electron chi connectivity index (χ0n) is 11.1. The number of nitrogens with zero attached hydrogens (tertiary/aromatic N) is 4. The van der Waals surface area contributed by atoms with Crippen molar-refractivity contribution in [1.82, 2.24) is 19.7 Å². The highest BCUT2D eigenvalue weighted by Gasteiger charge is 2.14. The van der Waals surface area contributed by atoms with Gasteiger partial charge in [0.1, 0.15) is 5.52 Å². The highest BCUT2D eigenvalue weighted by atomic mass is 16.4. The third-order valence-electron chi connectivity index (χ3n) is 2.81. The van der Waals surface area contributed by atoms with Gasteiger partial charge < -0.3 is 15.1 Å². The summed E-state index contributed by atoms with van der Waals surface area (Å²) in [5.41, 5.74) is 7.90. The van der Waals surface area contributed by atoms with Gasteiger partial charge in [0, 0.05) is 26.0 Å². The summed E-state index contributed by atoms with van der Waals surface area (Å²) in [5, 5.41) is 4.16. The third kappa shape index (κ3) is 1.99. The van der Waals surface area contributed by atoms with E-state index < -0.39 is 0 Å². The summed E-state index contributed by atoms with van der Waals surface area (Å²) in [6.45, 7) is 0. The van der Waals surface area contributed by atoms with Gasteiger partial charge in [-0.1, -0.05) is 0 Å². The average Bonchev–Trinajstić information content (AvgIpc) is 3.02. The number of fused-ring (bicyclic) bond motifs is 1. The van der Waals surface area contributed by atoms with Crippen LogP contribution in [0.3, 0.4) is 0 Å². The largest absolute Gasteiger partial charge is 0.422 e. The maximum Gasteiger partial charge on any atom is 0.323 e. The van der Waals surface area contributed by atoms with Gasteiger partial charge in [-0.05, 0) is 24.3 Å². The predicted octanol–water partition coefficient (Wildman–Crippen LogP) is 1.30. The molecule has 0 spiro atoms. The van der Waals surface area contributed by atoms with Crippen LogP contribution in [0.4, 0.5) is 5.69 Å². The van der Waals surface area contributed by atoms with Crippen LogP contribution in [0, 0.1) is 0 Å². The van der Waals surface area contributed by atoms with Crippen LogP contribution in [-0.2, 0) is 0 Å². The van der Waals surface area contributed by atoms with Crippen molar-refractivity contribution in [2.75, 3.05) is 19.8 Å². The second kappa shape index (κ2) is 4.37. The number of hydrogen-bond acceptors (Lipinski definition) is 5. The van der Waals surface area contributed by atoms with Gasteiger partial charge in [0.15, 0.2) is 11.3 Å². The molecule has 7 heteroatoms. The zero-order chi connectivity index (χ0) is 14.3. The number of carbonyl (C=O) groups is 1. The average molecular weight is 271 g/mol. The number of hydrogen-bond donors (Lipinski definition) is 1. The molecule has 0 aliphatic heterocycles. The van der Waals surface area contributed by atoms with Gasteiger partial charge in [-0.25, -0.2) is 0 Å². The monoisotopic (exact) mass is 271 g/mol. The molecule has 0 saturated carbocycles. The minimum atomic E-state index is -0.177. The van der Waals surface area contributed by atoms with Crippen LogP contribution in [0.5, 0.6) is 0 Å². The van der Waals surface area contributed by atoms with Crippen LogP contribution >= 0.6 is 0 Å². The van der Waals surface area contributed by atoms with Crippen LogP contribution in [0.1, 0.15) is 10.5 Å². The normalized spacial score (nSPS) is 10.9. The van der Waals surface area contributed by atoms with E-state index in [0.29, 0.717) is 28.5 Å². The van der Waals surface area contributed by atoms with Crippen molar-refractivity contribution in [2.24, 2.45) is 0 Å². The molecule has 2 heterocycles. The topological polar surface area (TPSA) is 90.2 Å². The molecule has 0 atom stereocenters. The molecule has 0 saturated heterocycles. The Bertz CT molecular complexity index is 787. The quantitative estimate of drug-likeness (QED) is 0.709. The maximum atomic E-state index is 11.8. The fourth-order valence-corrected chi connectivity index (χ4v) is 1.80. The van der Waals surface area contributed by atoms with Crippen molar-refractivity contribution in [3.8, 4) is 6.01 Å². The first-order valence-corrected chi connectivity index (χ1v) is 5.98. The molecule has 0 radical (unpaired) electrons. The van der Waals surface area contributed by atoms with Crippen LogP contribution < -0.4 is 5.73 Å². The summed E-state index contributed by atoms with van der Waals surface area (Å²) >= 11 is 0. The van der Waals surface area contributed by atoms with Crippen LogP contribution in [0.15, 0.2) is 34.9 Å². The fraction of sp³-hybridized carbons (Fsp3) is 0.154. The minimum absolute atomic E-state index is 0.177. The number of nitrogen functional groups attached to an aromatic ring is 1. The SMILES string of the molecule is CN(C)C(=O)c1ccn(-c2nc3cc(N)ccc3o2)n1. The summed E-state index contributed by atoms with van der Waals surface area (Å²) in [6.07, 6.45) is 1.63. The van der Waals surface area contributed by atoms with Gasteiger partial charge in [-0.15, -0.1) is 0 Å². The zero-order valence-corrected chi connectivity index (χ0v) is 11.1. The molecular formula is C13H13N5O2. The lowest BCUT2D eigenvalue weighted by atomic mass is 10.3. The van der Waals surface area contributed by atoms with Gasteiger partial charge in [-0.3, -0.25) is 4.79 Å². The molecule has 7 nitrogen and oxygen atoms in total. The Morgan fingerprint density at radius 2 is 2.15 bits per heavy atom. The van der Waals surface area contributed by atoms with Crippen molar-refractivity contribution >= 4 is 22.7 Å². The van der Waals surface area contributed by atoms with E-state index in [0.717, 1.165) is 0 Å². The van der Waals surface area contributed by atoms with E-state index >= 15 is 0 Å². The Morgan fingerprint density at radius 1 is 1.35 bits per heavy atom. The number of amides is 1. The molecule has 1 aromatic carbocycles. The standard InChI is InChI=1S/C13H13N5O2/c1-17(2)12(19)9-5-6-18(16-9)13-15-10-7-8(14)3-4-11(10)20-13/h3-7H,14H2,1-2H3. The van der Waals surface area contributed by atoms with E-state index in [2.05, 4.69) is 10.1 Å². The smallest absolute Gasteiger partial charge is 0.323 e. The molecule has 1 amide bonds. The molecule has 0 fully saturated rings. The van der Waals surface area contributed by atoms with Gasteiger partial charge in [-0.2, -0.15) is 14.8 Å². The Balaban J connectivity index is 2.01. The second-order valence-corrected chi connectivity index (χ2v) is 4.57. The summed E-state index contributed by atoms with van der Waals surface area (Å²) < 4.78 is 7.00. The number of oxazole rings is 1. The van der Waals surface area contributed by atoms with E-state index in [1.54, 1.807) is 44.6 Å². The van der Waals surface area contributed by atoms with Gasteiger partial charge in [0.05, 0.1) is 0 Å². The fourth-order valence-electron chi connectivity index (χ4n) is 1.80. The van der Waals surface area contributed by atoms with E-state index in [9.17, 15) is 4.79 Å². The van der Waals surface area contributed by atoms with Crippen LogP contribution in [0.25, 0.3) is 17.1 Å². The van der Waals surface area contributed by atoms with Crippen molar-refractivity contribution < 1.29 is 9.21 Å². The third-order valence-corrected chi connectivity index (χ3v) is 2.81. The molecule has 2 N–H and O–H groups in total. The molecule has 3 rings (SSSR count). The number of carbonyl (C=O) groups excluding carboxylic acids is 1. The Labute approximate surface area is 114 Å². The molecule has 0 bridgehead atoms. The van der Waals surface area contributed by atoms with Gasteiger partial charge in [0.25, 0.3) is 5.91 Å². The van der Waals surface area contributed by atoms with E-state index in [-0.39, 0.29) is 5.91 Å². The summed E-state index contributed by atoms with van der Waals surface area (Å²) in [6, 6.07) is 7.12. The Hall–Kier alpha value is -2.83. The van der Waals surface area contributed by atoms with E-state index in [1.807, 2.05) is 0 Å². The van der Waals surface area contributed by atoms with Crippen LogP contribution in [0.2, 0.25) is 0 Å². The van der Waals surface area contributed by atoms with Gasteiger partial charge >= 0.3 is 6.01 Å². The first-order chi connectivity index (χ1) is 9.54. The molecule has 102 valence electrons. The van der Waals surface area contributed by atoms with Gasteiger partial charge in [0.2, 0.25) is 0 Å². The molecule has 0 aliphatic carbocycles. The summed E-state index contributed by atoms with van der Waals surface area (Å²) in [4.78, 5) is 17.5. The number of rotatable bonds is 2. The number of aromatic nitrogens is 3. The minimum Gasteiger partial charge on any atom is -0.422 e. The highest BCUT2D eigenvalue weighted by molar-refractivity contribution is 5.91. The lowest BCUT2D eigenvalue weighted by Crippen LogP contribution is -2.22. The molecule has 3 aromatic rings. The first kappa shape index (κ1) is 12.2. The van der Waals surface area contributed by atoms with Crippen LogP contribution in [-0.4, -0.2) is 39.7 Å². The number of nitrogens with two attached hydrogens (primary N) is 1. The molecular weight excluding hydrogens is 258 g/mol. The maximum absolute atomic E-state index is 11.8. The van der Waals surface area contributed by atoms with E-state index in [4.69, 9.17) is 10.2 Å². The number of benzene rings is 1. The van der Waals surface area contributed by atoms with Crippen molar-refractivity contribution in [2.45, 2.75) is 0 Å². The first-order valence-electron chi connectivity index (χ1n) is 5.98. The second-order valence-electron chi connectivity index (χ2n) is 4.57. The Morgan fingerprint density at radius 3 is 2.90 bits per heavy atom. The lowest BCUT2D eigenvalue weighted by molar-refractivity contribution is 0.0821. The summed E-state index contributed by atoms with van der Waals surface area (Å²) in [7, 11) is 3.34. The molecule has 2 aromatic heterocycles. The molecule has 0 aliphatic rings. The predicted molar refractivity (Wildman–Crippen MR) is 73.6 cm³/mol. The summed E-state index contributed by atoms with van der Waals surface area (Å²) in [5.74, 6) is -0.177. The molecule has 0 unspecified atom stereocenters. The number of anilines is 1. The van der Waals surface area contributed by atoms with Crippen molar-refractivity contribution in [3.05, 3.63) is 36.2 Å². The van der Waals surface area contributed by atoms with Crippen molar-refractivity contribution in [1.29, 1.82) is 0 Å². The van der Waals surface area contributed by atoms with Crippen molar-refractivity contribution in [3.63, 3.8) is 0 Å². The van der Waals surface area contributed by atoms with E-state index in [1.165, 1.54) is 9.58 Å². The highest BCUT2D eigenvalue weighted by Crippen LogP contribution is 2.20. The lowest BCUT2D eigenvalue weighted by Gasteiger charge is -2.06. The molecule has 20 heavy (non-hydrogen) atoms. The Kier molecular flexibility index (Phi) is 2.67.